The maximum Gasteiger partial charge on any atom is 0.306 e. The van der Waals surface area contributed by atoms with E-state index in [1.807, 2.05) is 0 Å². The van der Waals surface area contributed by atoms with Crippen molar-refractivity contribution < 1.29 is 29.3 Å². The SMILES string of the molecule is CC(C)(C)OC(=O)CC[C@@H](C(N)=O)N1Cc2cc(C(O)CO)ccc2C1=O. The Bertz CT molecular complexity index is 740. The third kappa shape index (κ3) is 5.05. The first-order chi connectivity index (χ1) is 12.5. The quantitative estimate of drug-likeness (QED) is 0.597. The van der Waals surface area contributed by atoms with Gasteiger partial charge >= 0.3 is 5.97 Å². The van der Waals surface area contributed by atoms with E-state index < -0.39 is 36.2 Å². The van der Waals surface area contributed by atoms with Gasteiger partial charge in [0.2, 0.25) is 5.91 Å². The summed E-state index contributed by atoms with van der Waals surface area (Å²) >= 11 is 0. The zero-order valence-electron chi connectivity index (χ0n) is 15.8. The molecule has 8 heteroatoms. The van der Waals surface area contributed by atoms with E-state index in [0.29, 0.717) is 16.7 Å². The molecule has 2 atom stereocenters. The van der Waals surface area contributed by atoms with Crippen LogP contribution in [0.4, 0.5) is 0 Å². The van der Waals surface area contributed by atoms with Crippen molar-refractivity contribution in [1.29, 1.82) is 0 Å². The van der Waals surface area contributed by atoms with E-state index in [2.05, 4.69) is 0 Å². The van der Waals surface area contributed by atoms with Crippen LogP contribution in [-0.4, -0.2) is 51.1 Å². The number of amides is 2. The summed E-state index contributed by atoms with van der Waals surface area (Å²) < 4.78 is 5.23. The second-order valence-corrected chi connectivity index (χ2v) is 7.59. The van der Waals surface area contributed by atoms with E-state index in [1.54, 1.807) is 39.0 Å². The normalized spacial score (nSPS) is 16.0. The van der Waals surface area contributed by atoms with E-state index in [1.165, 1.54) is 4.90 Å². The number of aliphatic hydroxyl groups is 2. The second-order valence-electron chi connectivity index (χ2n) is 7.59. The van der Waals surface area contributed by atoms with Crippen LogP contribution in [0, 0.1) is 0 Å². The van der Waals surface area contributed by atoms with E-state index in [-0.39, 0.29) is 25.3 Å². The largest absolute Gasteiger partial charge is 0.460 e. The van der Waals surface area contributed by atoms with Crippen molar-refractivity contribution in [1.82, 2.24) is 4.90 Å². The van der Waals surface area contributed by atoms with Crippen molar-refractivity contribution in [3.63, 3.8) is 0 Å². The highest BCUT2D eigenvalue weighted by Crippen LogP contribution is 2.29. The van der Waals surface area contributed by atoms with Crippen molar-refractivity contribution in [3.8, 4) is 0 Å². The summed E-state index contributed by atoms with van der Waals surface area (Å²) in [6, 6.07) is 3.79. The van der Waals surface area contributed by atoms with Gasteiger partial charge in [-0.05, 0) is 44.4 Å². The number of ether oxygens (including phenoxy) is 1. The third-order valence-corrected chi connectivity index (χ3v) is 4.27. The predicted molar refractivity (Wildman–Crippen MR) is 96.4 cm³/mol. The Labute approximate surface area is 157 Å². The Balaban J connectivity index is 2.13. The first-order valence-electron chi connectivity index (χ1n) is 8.77. The molecule has 0 fully saturated rings. The molecule has 1 aliphatic heterocycles. The number of esters is 1. The Morgan fingerprint density at radius 1 is 1.33 bits per heavy atom. The molecule has 0 aliphatic carbocycles. The number of aliphatic hydroxyl groups excluding tert-OH is 2. The highest BCUT2D eigenvalue weighted by atomic mass is 16.6. The molecule has 1 heterocycles. The molecule has 0 radical (unpaired) electrons. The van der Waals surface area contributed by atoms with Gasteiger partial charge in [0.15, 0.2) is 0 Å². The molecular formula is C19H26N2O6. The van der Waals surface area contributed by atoms with E-state index in [0.717, 1.165) is 0 Å². The Morgan fingerprint density at radius 2 is 2.00 bits per heavy atom. The van der Waals surface area contributed by atoms with Crippen molar-refractivity contribution in [2.24, 2.45) is 5.73 Å². The molecule has 0 aromatic heterocycles. The van der Waals surface area contributed by atoms with Gasteiger partial charge in [-0.25, -0.2) is 0 Å². The number of benzene rings is 1. The Morgan fingerprint density at radius 3 is 2.56 bits per heavy atom. The molecule has 0 bridgehead atoms. The zero-order chi connectivity index (χ0) is 20.4. The minimum atomic E-state index is -1.04. The standard InChI is InChI=1S/C19H26N2O6/c1-19(2,3)27-16(24)7-6-14(17(20)25)21-9-12-8-11(15(23)10-22)4-5-13(12)18(21)26/h4-5,8,14-15,22-23H,6-7,9-10H2,1-3H3,(H2,20,25)/t14-,15?/m0/s1. The van der Waals surface area contributed by atoms with E-state index >= 15 is 0 Å². The lowest BCUT2D eigenvalue weighted by Gasteiger charge is -2.25. The van der Waals surface area contributed by atoms with Gasteiger partial charge in [0.25, 0.3) is 5.91 Å². The molecule has 2 amide bonds. The van der Waals surface area contributed by atoms with E-state index in [9.17, 15) is 19.5 Å². The number of nitrogens with zero attached hydrogens (tertiary/aromatic N) is 1. The second kappa shape index (κ2) is 8.06. The first kappa shape index (κ1) is 20.9. The van der Waals surface area contributed by atoms with Crippen LogP contribution in [0.25, 0.3) is 0 Å². The first-order valence-corrected chi connectivity index (χ1v) is 8.77. The summed E-state index contributed by atoms with van der Waals surface area (Å²) in [6.07, 6.45) is -1.02. The summed E-state index contributed by atoms with van der Waals surface area (Å²) in [5, 5.41) is 18.8. The summed E-state index contributed by atoms with van der Waals surface area (Å²) in [4.78, 5) is 37.8. The van der Waals surface area contributed by atoms with Crippen molar-refractivity contribution >= 4 is 17.8 Å². The average Bonchev–Trinajstić information content (AvgIpc) is 2.88. The maximum atomic E-state index is 12.7. The third-order valence-electron chi connectivity index (χ3n) is 4.27. The molecule has 2 rings (SSSR count). The summed E-state index contributed by atoms with van der Waals surface area (Å²) in [6.45, 7) is 4.94. The molecule has 0 saturated carbocycles. The van der Waals surface area contributed by atoms with Crippen LogP contribution in [-0.2, 0) is 20.9 Å². The molecule has 0 saturated heterocycles. The van der Waals surface area contributed by atoms with Gasteiger partial charge in [0, 0.05) is 18.5 Å². The molecular weight excluding hydrogens is 352 g/mol. The number of rotatable bonds is 7. The molecule has 148 valence electrons. The smallest absolute Gasteiger partial charge is 0.306 e. The number of hydrogen-bond acceptors (Lipinski definition) is 6. The van der Waals surface area contributed by atoms with Crippen molar-refractivity contribution in [2.75, 3.05) is 6.61 Å². The minimum absolute atomic E-state index is 0.0422. The van der Waals surface area contributed by atoms with Gasteiger partial charge in [0.05, 0.1) is 6.61 Å². The number of nitrogens with two attached hydrogens (primary N) is 1. The fourth-order valence-electron chi connectivity index (χ4n) is 3.03. The molecule has 27 heavy (non-hydrogen) atoms. The van der Waals surface area contributed by atoms with Crippen molar-refractivity contribution in [3.05, 3.63) is 34.9 Å². The Kier molecular flexibility index (Phi) is 6.22. The highest BCUT2D eigenvalue weighted by molar-refractivity contribution is 6.01. The van der Waals surface area contributed by atoms with Crippen LogP contribution in [0.2, 0.25) is 0 Å². The molecule has 8 nitrogen and oxygen atoms in total. The van der Waals surface area contributed by atoms with Gasteiger partial charge in [-0.1, -0.05) is 12.1 Å². The molecule has 1 unspecified atom stereocenters. The van der Waals surface area contributed by atoms with Crippen molar-refractivity contribution in [2.45, 2.75) is 57.9 Å². The molecule has 1 aliphatic rings. The lowest BCUT2D eigenvalue weighted by atomic mass is 10.0. The summed E-state index contributed by atoms with van der Waals surface area (Å²) in [5.74, 6) is -1.52. The van der Waals surface area contributed by atoms with Gasteiger partial charge in [-0.3, -0.25) is 14.4 Å². The van der Waals surface area contributed by atoms with Crippen LogP contribution in [0.3, 0.4) is 0 Å². The average molecular weight is 378 g/mol. The summed E-state index contributed by atoms with van der Waals surface area (Å²) in [7, 11) is 0. The van der Waals surface area contributed by atoms with Gasteiger partial charge in [-0.2, -0.15) is 0 Å². The monoisotopic (exact) mass is 378 g/mol. The van der Waals surface area contributed by atoms with Crippen LogP contribution >= 0.6 is 0 Å². The lowest BCUT2D eigenvalue weighted by molar-refractivity contribution is -0.155. The zero-order valence-corrected chi connectivity index (χ0v) is 15.8. The van der Waals surface area contributed by atoms with Crippen LogP contribution < -0.4 is 5.73 Å². The van der Waals surface area contributed by atoms with Gasteiger partial charge in [0.1, 0.15) is 17.7 Å². The van der Waals surface area contributed by atoms with Gasteiger partial charge < -0.3 is 25.6 Å². The van der Waals surface area contributed by atoms with E-state index in [4.69, 9.17) is 15.6 Å². The number of fused-ring (bicyclic) bond motifs is 1. The fourth-order valence-corrected chi connectivity index (χ4v) is 3.03. The number of carbonyl (C=O) groups excluding carboxylic acids is 3. The topological polar surface area (TPSA) is 130 Å². The fraction of sp³-hybridized carbons (Fsp3) is 0.526. The number of primary amides is 1. The number of hydrogen-bond donors (Lipinski definition) is 3. The molecule has 1 aromatic carbocycles. The molecule has 0 spiro atoms. The molecule has 4 N–H and O–H groups in total. The Hall–Kier alpha value is -2.45. The van der Waals surface area contributed by atoms with Crippen LogP contribution in [0.15, 0.2) is 18.2 Å². The predicted octanol–water partition coefficient (Wildman–Crippen LogP) is 0.644. The van der Waals surface area contributed by atoms with Crippen LogP contribution in [0.1, 0.15) is 61.2 Å². The molecule has 1 aromatic rings. The number of carbonyl (C=O) groups is 3. The minimum Gasteiger partial charge on any atom is -0.460 e. The van der Waals surface area contributed by atoms with Crippen LogP contribution in [0.5, 0.6) is 0 Å². The lowest BCUT2D eigenvalue weighted by Crippen LogP contribution is -2.45. The summed E-state index contributed by atoms with van der Waals surface area (Å²) in [5.41, 5.74) is 6.36. The highest BCUT2D eigenvalue weighted by Gasteiger charge is 2.36. The maximum absolute atomic E-state index is 12.7. The van der Waals surface area contributed by atoms with Gasteiger partial charge in [-0.15, -0.1) is 0 Å².